The Morgan fingerprint density at radius 1 is 1.13 bits per heavy atom. The molecule has 0 spiro atoms. The molecule has 39 heavy (non-hydrogen) atoms. The number of aromatic hydroxyl groups is 1. The SMILES string of the molecule is CCOC1=NC(c2nc3nc(NS(=O)(=O)Cc4ncc(C)cn4)cnc3n2-c2c(O)cccc2OC)=C=C=C1. The Hall–Kier alpha value is -5.03. The van der Waals surface area contributed by atoms with Crippen molar-refractivity contribution in [2.75, 3.05) is 18.4 Å². The molecule has 1 aromatic carbocycles. The second-order valence-corrected chi connectivity index (χ2v) is 9.91. The molecule has 0 bridgehead atoms. The zero-order chi connectivity index (χ0) is 27.6. The van der Waals surface area contributed by atoms with E-state index in [1.807, 2.05) is 6.92 Å². The summed E-state index contributed by atoms with van der Waals surface area (Å²) in [5, 5.41) is 10.8. The van der Waals surface area contributed by atoms with Crippen molar-refractivity contribution in [3.05, 3.63) is 71.5 Å². The molecule has 3 aromatic heterocycles. The van der Waals surface area contributed by atoms with Crippen LogP contribution in [0.1, 0.15) is 24.1 Å². The number of aliphatic imine (C=N–C) groups is 1. The molecule has 2 N–H and O–H groups in total. The number of benzene rings is 1. The molecular weight excluding hydrogens is 524 g/mol. The number of phenolic OH excluding ortho intramolecular Hbond substituents is 1. The summed E-state index contributed by atoms with van der Waals surface area (Å²) in [6.45, 7) is 4.01. The maximum atomic E-state index is 12.8. The summed E-state index contributed by atoms with van der Waals surface area (Å²) in [4.78, 5) is 25.8. The number of methoxy groups -OCH3 is 1. The van der Waals surface area contributed by atoms with Gasteiger partial charge in [-0.05, 0) is 37.3 Å². The summed E-state index contributed by atoms with van der Waals surface area (Å²) in [5.41, 5.74) is 7.27. The fraction of sp³-hybridized carbons (Fsp3) is 0.200. The van der Waals surface area contributed by atoms with E-state index in [-0.39, 0.29) is 45.9 Å². The predicted molar refractivity (Wildman–Crippen MR) is 142 cm³/mol. The van der Waals surface area contributed by atoms with Gasteiger partial charge in [-0.3, -0.25) is 9.29 Å². The van der Waals surface area contributed by atoms with E-state index in [0.29, 0.717) is 18.3 Å². The zero-order valence-corrected chi connectivity index (χ0v) is 21.9. The molecule has 1 aliphatic rings. The summed E-state index contributed by atoms with van der Waals surface area (Å²) in [6.07, 6.45) is 5.84. The van der Waals surface area contributed by atoms with Crippen LogP contribution < -0.4 is 9.46 Å². The van der Waals surface area contributed by atoms with Crippen LogP contribution in [-0.4, -0.2) is 62.6 Å². The number of sulfonamides is 1. The van der Waals surface area contributed by atoms with E-state index in [1.54, 1.807) is 19.1 Å². The molecule has 5 rings (SSSR count). The molecule has 198 valence electrons. The first-order chi connectivity index (χ1) is 18.8. The number of ether oxygens (including phenoxy) is 2. The van der Waals surface area contributed by atoms with Crippen LogP contribution >= 0.6 is 0 Å². The third kappa shape index (κ3) is 5.34. The third-order valence-corrected chi connectivity index (χ3v) is 6.48. The predicted octanol–water partition coefficient (Wildman–Crippen LogP) is 2.67. The van der Waals surface area contributed by atoms with Crippen LogP contribution in [0.15, 0.2) is 59.3 Å². The van der Waals surface area contributed by atoms with Gasteiger partial charge in [0.25, 0.3) is 0 Å². The number of rotatable bonds is 8. The third-order valence-electron chi connectivity index (χ3n) is 5.32. The van der Waals surface area contributed by atoms with Crippen LogP contribution in [0.2, 0.25) is 0 Å². The quantitative estimate of drug-likeness (QED) is 0.314. The molecule has 0 saturated heterocycles. The van der Waals surface area contributed by atoms with Crippen molar-refractivity contribution in [1.82, 2.24) is 29.5 Å². The number of anilines is 1. The molecule has 0 unspecified atom stereocenters. The lowest BCUT2D eigenvalue weighted by molar-refractivity contribution is 0.330. The summed E-state index contributed by atoms with van der Waals surface area (Å²) >= 11 is 0. The van der Waals surface area contributed by atoms with E-state index >= 15 is 0 Å². The minimum absolute atomic E-state index is 0.0679. The summed E-state index contributed by atoms with van der Waals surface area (Å²) in [5.74, 6) is 0.293. The van der Waals surface area contributed by atoms with Gasteiger partial charge in [0.05, 0.1) is 26.0 Å². The smallest absolute Gasteiger partial charge is 0.241 e. The minimum Gasteiger partial charge on any atom is -0.506 e. The molecule has 0 radical (unpaired) electrons. The Balaban J connectivity index is 1.62. The number of hydrogen-bond donors (Lipinski definition) is 2. The maximum absolute atomic E-state index is 12.8. The van der Waals surface area contributed by atoms with Crippen molar-refractivity contribution in [2.45, 2.75) is 19.6 Å². The Labute approximate surface area is 223 Å². The number of para-hydroxylation sites is 1. The topological polar surface area (TPSA) is 167 Å². The number of nitrogens with zero attached hydrogens (tertiary/aromatic N) is 7. The van der Waals surface area contributed by atoms with Crippen LogP contribution in [0, 0.1) is 6.92 Å². The van der Waals surface area contributed by atoms with Gasteiger partial charge in [0.2, 0.25) is 21.6 Å². The van der Waals surface area contributed by atoms with Gasteiger partial charge in [-0.1, -0.05) is 11.8 Å². The van der Waals surface area contributed by atoms with Crippen LogP contribution in [0.4, 0.5) is 5.82 Å². The number of hydrogen-bond acceptors (Lipinski definition) is 11. The van der Waals surface area contributed by atoms with E-state index in [2.05, 4.69) is 46.1 Å². The van der Waals surface area contributed by atoms with E-state index < -0.39 is 15.8 Å². The summed E-state index contributed by atoms with van der Waals surface area (Å²) < 4.78 is 40.4. The molecule has 0 fully saturated rings. The average molecular weight is 547 g/mol. The van der Waals surface area contributed by atoms with Crippen molar-refractivity contribution < 1.29 is 23.0 Å². The van der Waals surface area contributed by atoms with Crippen LogP contribution in [0.5, 0.6) is 11.5 Å². The van der Waals surface area contributed by atoms with E-state index in [0.717, 1.165) is 5.56 Å². The first-order valence-electron chi connectivity index (χ1n) is 11.6. The molecule has 0 saturated carbocycles. The number of nitrogens with one attached hydrogen (secondary N) is 1. The zero-order valence-electron chi connectivity index (χ0n) is 21.1. The minimum atomic E-state index is -3.92. The Bertz CT molecular complexity index is 1820. The molecule has 13 nitrogen and oxygen atoms in total. The van der Waals surface area contributed by atoms with Crippen molar-refractivity contribution in [2.24, 2.45) is 4.99 Å². The van der Waals surface area contributed by atoms with Crippen LogP contribution in [0.3, 0.4) is 0 Å². The van der Waals surface area contributed by atoms with Crippen LogP contribution in [-0.2, 0) is 20.5 Å². The molecule has 4 aromatic rings. The molecular formula is C25H22N8O5S. The van der Waals surface area contributed by atoms with E-state index in [1.165, 1.54) is 42.4 Å². The fourth-order valence-corrected chi connectivity index (χ4v) is 4.68. The highest BCUT2D eigenvalue weighted by atomic mass is 32.2. The number of aromatic nitrogens is 6. The summed E-state index contributed by atoms with van der Waals surface area (Å²) in [6, 6.07) is 4.77. The van der Waals surface area contributed by atoms with Crippen LogP contribution in [0.25, 0.3) is 22.7 Å². The molecule has 4 heterocycles. The highest BCUT2D eigenvalue weighted by Gasteiger charge is 2.25. The van der Waals surface area contributed by atoms with Gasteiger partial charge >= 0.3 is 0 Å². The Kier molecular flexibility index (Phi) is 6.82. The van der Waals surface area contributed by atoms with Gasteiger partial charge < -0.3 is 14.6 Å². The Morgan fingerprint density at radius 3 is 2.67 bits per heavy atom. The molecule has 0 amide bonds. The lowest BCUT2D eigenvalue weighted by atomic mass is 10.2. The second-order valence-electron chi connectivity index (χ2n) is 8.18. The van der Waals surface area contributed by atoms with Crippen molar-refractivity contribution in [1.29, 1.82) is 0 Å². The fourth-order valence-electron chi connectivity index (χ4n) is 3.70. The van der Waals surface area contributed by atoms with Gasteiger partial charge in [-0.25, -0.2) is 38.3 Å². The van der Waals surface area contributed by atoms with Gasteiger partial charge in [0, 0.05) is 12.4 Å². The second kappa shape index (κ2) is 10.4. The monoisotopic (exact) mass is 546 g/mol. The summed E-state index contributed by atoms with van der Waals surface area (Å²) in [7, 11) is -2.46. The van der Waals surface area contributed by atoms with Gasteiger partial charge in [-0.15, -0.1) is 0 Å². The van der Waals surface area contributed by atoms with E-state index in [9.17, 15) is 13.5 Å². The molecule has 1 aliphatic heterocycles. The highest BCUT2D eigenvalue weighted by molar-refractivity contribution is 7.91. The number of aryl methyl sites for hydroxylation is 1. The Morgan fingerprint density at radius 2 is 1.92 bits per heavy atom. The number of imidazole rings is 1. The van der Waals surface area contributed by atoms with E-state index in [4.69, 9.17) is 9.47 Å². The highest BCUT2D eigenvalue weighted by Crippen LogP contribution is 2.36. The normalized spacial score (nSPS) is 12.8. The van der Waals surface area contributed by atoms with Crippen molar-refractivity contribution in [3.63, 3.8) is 0 Å². The lowest BCUT2D eigenvalue weighted by Gasteiger charge is -2.14. The lowest BCUT2D eigenvalue weighted by Crippen LogP contribution is -2.17. The maximum Gasteiger partial charge on any atom is 0.241 e. The van der Waals surface area contributed by atoms with Crippen molar-refractivity contribution >= 4 is 38.7 Å². The molecule has 0 aliphatic carbocycles. The largest absolute Gasteiger partial charge is 0.506 e. The number of fused-ring (bicyclic) bond motifs is 1. The molecule has 0 atom stereocenters. The first kappa shape index (κ1) is 25.6. The van der Waals surface area contributed by atoms with Gasteiger partial charge in [0.1, 0.15) is 28.8 Å². The first-order valence-corrected chi connectivity index (χ1v) is 13.3. The average Bonchev–Trinajstić information content (AvgIpc) is 3.28. The standard InChI is InChI=1S/C25H22N8O5S/c1-4-38-21-10-5-7-16(29-21)24-31-23-25(33(24)22-17(34)8-6-9-18(22)37-3)28-13-19(30-23)32-39(35,36)14-20-26-11-15(2)12-27-20/h6,8-13,34H,4,14H2,1-3H3,(H,30,32). The van der Waals surface area contributed by atoms with Gasteiger partial charge in [0.15, 0.2) is 23.0 Å². The number of phenols is 1. The van der Waals surface area contributed by atoms with Gasteiger partial charge in [-0.2, -0.15) is 0 Å². The molecule has 14 heteroatoms. The van der Waals surface area contributed by atoms with Crippen molar-refractivity contribution in [3.8, 4) is 17.2 Å².